The molecule has 198 valence electrons. The first-order chi connectivity index (χ1) is 18.4. The highest BCUT2D eigenvalue weighted by molar-refractivity contribution is 5.90. The number of carbonyl (C=O) groups is 4. The van der Waals surface area contributed by atoms with Gasteiger partial charge in [0.15, 0.2) is 0 Å². The molecule has 0 heterocycles. The molecule has 0 saturated carbocycles. The number of rotatable bonds is 13. The molecule has 3 N–H and O–H groups in total. The van der Waals surface area contributed by atoms with Gasteiger partial charge in [0, 0.05) is 12.8 Å². The van der Waals surface area contributed by atoms with Gasteiger partial charge in [0.25, 0.3) is 0 Å². The smallest absolute Gasteiger partial charge is 0.408 e. The second kappa shape index (κ2) is 14.8. The molecule has 0 unspecified atom stereocenters. The Balaban J connectivity index is 1.68. The zero-order valence-corrected chi connectivity index (χ0v) is 20.7. The molecule has 0 fully saturated rings. The second-order valence-corrected chi connectivity index (χ2v) is 8.54. The van der Waals surface area contributed by atoms with Gasteiger partial charge in [0.2, 0.25) is 5.91 Å². The third kappa shape index (κ3) is 9.77. The molecule has 3 rings (SSSR count). The first kappa shape index (κ1) is 27.9. The zero-order valence-electron chi connectivity index (χ0n) is 20.7. The number of nitrogens with one attached hydrogen (secondary N) is 2. The van der Waals surface area contributed by atoms with Crippen molar-refractivity contribution in [1.29, 1.82) is 0 Å². The summed E-state index contributed by atoms with van der Waals surface area (Å²) in [6.07, 6.45) is -1.22. The number of benzene rings is 3. The van der Waals surface area contributed by atoms with Crippen LogP contribution in [0.25, 0.3) is 0 Å². The molecule has 3 aromatic rings. The Labute approximate surface area is 220 Å². The molecule has 0 radical (unpaired) electrons. The zero-order chi connectivity index (χ0) is 27.2. The van der Waals surface area contributed by atoms with Crippen LogP contribution in [0.2, 0.25) is 0 Å². The normalized spacial score (nSPS) is 12.0. The van der Waals surface area contributed by atoms with E-state index < -0.39 is 36.0 Å². The summed E-state index contributed by atoms with van der Waals surface area (Å²) in [5.41, 5.74) is 2.29. The molecule has 2 atom stereocenters. The maximum absolute atomic E-state index is 13.3. The molecule has 0 aliphatic heterocycles. The Morgan fingerprint density at radius 2 is 1.16 bits per heavy atom. The third-order valence-electron chi connectivity index (χ3n) is 5.58. The predicted octanol–water partition coefficient (Wildman–Crippen LogP) is 3.62. The van der Waals surface area contributed by atoms with Crippen LogP contribution >= 0.6 is 0 Å². The van der Waals surface area contributed by atoms with Gasteiger partial charge in [-0.1, -0.05) is 91.0 Å². The van der Waals surface area contributed by atoms with Crippen LogP contribution in [0.3, 0.4) is 0 Å². The van der Waals surface area contributed by atoms with E-state index in [1.54, 1.807) is 60.7 Å². The highest BCUT2D eigenvalue weighted by Crippen LogP contribution is 2.09. The van der Waals surface area contributed by atoms with Crippen molar-refractivity contribution in [3.05, 3.63) is 108 Å². The van der Waals surface area contributed by atoms with Gasteiger partial charge >= 0.3 is 18.0 Å². The van der Waals surface area contributed by atoms with Crippen molar-refractivity contribution in [1.82, 2.24) is 10.6 Å². The lowest BCUT2D eigenvalue weighted by Gasteiger charge is -2.22. The van der Waals surface area contributed by atoms with Crippen molar-refractivity contribution < 1.29 is 33.8 Å². The van der Waals surface area contributed by atoms with Crippen LogP contribution in [0.15, 0.2) is 91.0 Å². The van der Waals surface area contributed by atoms with Crippen LogP contribution in [-0.2, 0) is 43.5 Å². The number of ether oxygens (including phenoxy) is 2. The number of amides is 2. The summed E-state index contributed by atoms with van der Waals surface area (Å²) in [6.45, 7) is -0.0178. The van der Waals surface area contributed by atoms with E-state index in [9.17, 15) is 19.2 Å². The van der Waals surface area contributed by atoms with Gasteiger partial charge in [-0.05, 0) is 23.1 Å². The number of carboxylic acid groups (broad SMARTS) is 1. The standard InChI is InChI=1S/C29H30N2O7/c32-26(33)17-16-24(28(35)37-19-22-12-6-2-7-13-22)30-27(34)25(18-21-10-4-1-5-11-21)31-29(36)38-20-23-14-8-3-9-15-23/h1-15,24-25H,16-20H2,(H,30,34)(H,31,36)(H,32,33)/t24-,25-/m0/s1. The molecule has 0 aliphatic carbocycles. The van der Waals surface area contributed by atoms with Crippen molar-refractivity contribution in [2.45, 2.75) is 44.6 Å². The summed E-state index contributed by atoms with van der Waals surface area (Å²) in [6, 6.07) is 24.8. The lowest BCUT2D eigenvalue weighted by atomic mass is 10.0. The van der Waals surface area contributed by atoms with Crippen LogP contribution in [-0.4, -0.2) is 41.1 Å². The van der Waals surface area contributed by atoms with Crippen LogP contribution in [0.4, 0.5) is 4.79 Å². The number of carboxylic acids is 1. The average Bonchev–Trinajstić information content (AvgIpc) is 2.94. The fourth-order valence-corrected chi connectivity index (χ4v) is 3.58. The minimum absolute atomic E-state index is 0.0133. The van der Waals surface area contributed by atoms with Crippen molar-refractivity contribution in [3.63, 3.8) is 0 Å². The van der Waals surface area contributed by atoms with Gasteiger partial charge in [-0.2, -0.15) is 0 Å². The quantitative estimate of drug-likeness (QED) is 0.295. The van der Waals surface area contributed by atoms with E-state index in [1.165, 1.54) is 0 Å². The van der Waals surface area contributed by atoms with Crippen LogP contribution in [0, 0.1) is 0 Å². The average molecular weight is 519 g/mol. The Kier molecular flexibility index (Phi) is 10.9. The van der Waals surface area contributed by atoms with E-state index >= 15 is 0 Å². The first-order valence-electron chi connectivity index (χ1n) is 12.1. The second-order valence-electron chi connectivity index (χ2n) is 8.54. The number of aliphatic carboxylic acids is 1. The highest BCUT2D eigenvalue weighted by Gasteiger charge is 2.29. The molecule has 2 amide bonds. The largest absolute Gasteiger partial charge is 0.481 e. The van der Waals surface area contributed by atoms with Crippen LogP contribution in [0.5, 0.6) is 0 Å². The lowest BCUT2D eigenvalue weighted by Crippen LogP contribution is -2.53. The molecule has 0 bridgehead atoms. The summed E-state index contributed by atoms with van der Waals surface area (Å²) in [4.78, 5) is 49.7. The van der Waals surface area contributed by atoms with E-state index in [0.29, 0.717) is 0 Å². The monoisotopic (exact) mass is 518 g/mol. The third-order valence-corrected chi connectivity index (χ3v) is 5.58. The molecule has 3 aromatic carbocycles. The summed E-state index contributed by atoms with van der Waals surface area (Å²) >= 11 is 0. The highest BCUT2D eigenvalue weighted by atomic mass is 16.5. The number of hydrogen-bond acceptors (Lipinski definition) is 6. The Morgan fingerprint density at radius 3 is 1.68 bits per heavy atom. The number of alkyl carbamates (subject to hydrolysis) is 1. The van der Waals surface area contributed by atoms with Gasteiger partial charge in [-0.25, -0.2) is 9.59 Å². The number of esters is 1. The van der Waals surface area contributed by atoms with E-state index in [-0.39, 0.29) is 32.5 Å². The van der Waals surface area contributed by atoms with E-state index in [4.69, 9.17) is 14.6 Å². The van der Waals surface area contributed by atoms with Crippen molar-refractivity contribution in [2.75, 3.05) is 0 Å². The molecule has 38 heavy (non-hydrogen) atoms. The molecule has 0 aromatic heterocycles. The first-order valence-corrected chi connectivity index (χ1v) is 12.1. The molecule has 0 saturated heterocycles. The lowest BCUT2D eigenvalue weighted by molar-refractivity contribution is -0.150. The minimum atomic E-state index is -1.22. The molecular weight excluding hydrogens is 488 g/mol. The SMILES string of the molecule is O=C(O)CC[C@H](NC(=O)[C@H](Cc1ccccc1)NC(=O)OCc1ccccc1)C(=O)OCc1ccccc1. The number of carbonyl (C=O) groups excluding carboxylic acids is 3. The van der Waals surface area contributed by atoms with Gasteiger partial charge in [-0.3, -0.25) is 9.59 Å². The van der Waals surface area contributed by atoms with E-state index in [0.717, 1.165) is 16.7 Å². The molecule has 9 heteroatoms. The fraction of sp³-hybridized carbons (Fsp3) is 0.241. The van der Waals surface area contributed by atoms with E-state index in [1.807, 2.05) is 30.3 Å². The molecule has 9 nitrogen and oxygen atoms in total. The minimum Gasteiger partial charge on any atom is -0.481 e. The fourth-order valence-electron chi connectivity index (χ4n) is 3.58. The Morgan fingerprint density at radius 1 is 0.658 bits per heavy atom. The van der Waals surface area contributed by atoms with Gasteiger partial charge in [0.05, 0.1) is 0 Å². The molecular formula is C29H30N2O7. The Bertz CT molecular complexity index is 1190. The topological polar surface area (TPSA) is 131 Å². The number of hydrogen-bond donors (Lipinski definition) is 3. The van der Waals surface area contributed by atoms with Gasteiger partial charge < -0.3 is 25.2 Å². The van der Waals surface area contributed by atoms with Crippen LogP contribution in [0.1, 0.15) is 29.5 Å². The van der Waals surface area contributed by atoms with Crippen LogP contribution < -0.4 is 10.6 Å². The molecule has 0 aliphatic rings. The van der Waals surface area contributed by atoms with Gasteiger partial charge in [0.1, 0.15) is 25.3 Å². The van der Waals surface area contributed by atoms with Crippen molar-refractivity contribution in [2.24, 2.45) is 0 Å². The summed E-state index contributed by atoms with van der Waals surface area (Å²) in [7, 11) is 0. The summed E-state index contributed by atoms with van der Waals surface area (Å²) in [5, 5.41) is 14.2. The van der Waals surface area contributed by atoms with Gasteiger partial charge in [-0.15, -0.1) is 0 Å². The van der Waals surface area contributed by atoms with Crippen molar-refractivity contribution >= 4 is 23.9 Å². The summed E-state index contributed by atoms with van der Waals surface area (Å²) in [5.74, 6) is -2.56. The maximum Gasteiger partial charge on any atom is 0.408 e. The molecule has 0 spiro atoms. The van der Waals surface area contributed by atoms with Crippen molar-refractivity contribution in [3.8, 4) is 0 Å². The Hall–Kier alpha value is -4.66. The predicted molar refractivity (Wildman–Crippen MR) is 139 cm³/mol. The maximum atomic E-state index is 13.3. The van der Waals surface area contributed by atoms with E-state index in [2.05, 4.69) is 10.6 Å². The summed E-state index contributed by atoms with van der Waals surface area (Å²) < 4.78 is 10.6.